The average Bonchev–Trinajstić information content (AvgIpc) is 2.14. The summed E-state index contributed by atoms with van der Waals surface area (Å²) >= 11 is 0. The Morgan fingerprint density at radius 3 is 2.86 bits per heavy atom. The van der Waals surface area contributed by atoms with E-state index in [0.717, 1.165) is 0 Å². The summed E-state index contributed by atoms with van der Waals surface area (Å²) in [5.74, 6) is 0. The molecular weight excluding hydrogens is 84.1 g/mol. The van der Waals surface area contributed by atoms with Crippen molar-refractivity contribution in [2.45, 2.75) is 19.3 Å². The van der Waals surface area contributed by atoms with Crippen LogP contribution in [0.3, 0.4) is 0 Å². The van der Waals surface area contributed by atoms with Crippen LogP contribution in [0.25, 0.3) is 0 Å². The van der Waals surface area contributed by atoms with Crippen LogP contribution < -0.4 is 0 Å². The molecule has 37 valence electrons. The number of allylic oxidation sites excluding steroid dienone is 3. The average molecular weight is 93.1 g/mol. The van der Waals surface area contributed by atoms with E-state index in [1.54, 1.807) is 0 Å². The molecule has 0 aliphatic heterocycles. The maximum Gasteiger partial charge on any atom is -0.0230 e. The fourth-order valence-corrected chi connectivity index (χ4v) is 0.831. The SMILES string of the molecule is C=[C]C1=CCCC1. The van der Waals surface area contributed by atoms with Crippen LogP contribution in [0.4, 0.5) is 0 Å². The fourth-order valence-electron chi connectivity index (χ4n) is 0.831. The zero-order valence-corrected chi connectivity index (χ0v) is 4.41. The molecule has 0 bridgehead atoms. The van der Waals surface area contributed by atoms with E-state index in [-0.39, 0.29) is 0 Å². The van der Waals surface area contributed by atoms with E-state index in [0.29, 0.717) is 0 Å². The fraction of sp³-hybridized carbons (Fsp3) is 0.429. The molecule has 1 aliphatic rings. The number of rotatable bonds is 1. The molecule has 0 aromatic heterocycles. The number of hydrogen-bond acceptors (Lipinski definition) is 0. The lowest BCUT2D eigenvalue weighted by atomic mass is 10.2. The van der Waals surface area contributed by atoms with Gasteiger partial charge in [0.1, 0.15) is 0 Å². The molecule has 0 atom stereocenters. The van der Waals surface area contributed by atoms with E-state index in [4.69, 9.17) is 0 Å². The van der Waals surface area contributed by atoms with Gasteiger partial charge < -0.3 is 0 Å². The topological polar surface area (TPSA) is 0 Å². The van der Waals surface area contributed by atoms with Gasteiger partial charge in [0.25, 0.3) is 0 Å². The quantitative estimate of drug-likeness (QED) is 0.465. The Kier molecular flexibility index (Phi) is 1.30. The van der Waals surface area contributed by atoms with Gasteiger partial charge in [-0.1, -0.05) is 12.7 Å². The molecule has 0 aromatic rings. The Labute approximate surface area is 44.5 Å². The van der Waals surface area contributed by atoms with Gasteiger partial charge in [-0.25, -0.2) is 0 Å². The van der Waals surface area contributed by atoms with Gasteiger partial charge in [-0.15, -0.1) is 0 Å². The monoisotopic (exact) mass is 93.1 g/mol. The highest BCUT2D eigenvalue weighted by Crippen LogP contribution is 2.16. The maximum absolute atomic E-state index is 3.55. The molecule has 0 amide bonds. The van der Waals surface area contributed by atoms with Crippen LogP contribution in [0, 0.1) is 6.08 Å². The van der Waals surface area contributed by atoms with Gasteiger partial charge in [-0.3, -0.25) is 0 Å². The standard InChI is InChI=1S/C7H9/c1-2-7-5-3-4-6-7/h5H,1,3-4,6H2. The van der Waals surface area contributed by atoms with E-state index in [1.807, 2.05) is 0 Å². The predicted molar refractivity (Wildman–Crippen MR) is 30.8 cm³/mol. The molecule has 0 fully saturated rings. The van der Waals surface area contributed by atoms with Gasteiger partial charge in [0.2, 0.25) is 0 Å². The smallest absolute Gasteiger partial charge is 0.0230 e. The van der Waals surface area contributed by atoms with Crippen molar-refractivity contribution in [1.82, 2.24) is 0 Å². The summed E-state index contributed by atoms with van der Waals surface area (Å²) in [6, 6.07) is 0. The molecule has 0 saturated carbocycles. The van der Waals surface area contributed by atoms with Crippen molar-refractivity contribution in [3.05, 3.63) is 24.3 Å². The Morgan fingerprint density at radius 2 is 2.57 bits per heavy atom. The highest BCUT2D eigenvalue weighted by atomic mass is 14.0. The van der Waals surface area contributed by atoms with Crippen LogP contribution in [0.1, 0.15) is 19.3 Å². The second-order valence-electron chi connectivity index (χ2n) is 1.80. The van der Waals surface area contributed by atoms with Crippen LogP contribution in [-0.4, -0.2) is 0 Å². The van der Waals surface area contributed by atoms with Crippen LogP contribution in [0.15, 0.2) is 18.2 Å². The van der Waals surface area contributed by atoms with Gasteiger partial charge in [0, 0.05) is 0 Å². The van der Waals surface area contributed by atoms with Crippen LogP contribution in [-0.2, 0) is 0 Å². The maximum atomic E-state index is 3.55. The zero-order chi connectivity index (χ0) is 5.11. The summed E-state index contributed by atoms with van der Waals surface area (Å²) in [7, 11) is 0. The van der Waals surface area contributed by atoms with Crippen LogP contribution >= 0.6 is 0 Å². The molecule has 1 aliphatic carbocycles. The minimum absolute atomic E-state index is 1.20. The molecule has 0 heterocycles. The van der Waals surface area contributed by atoms with Crippen LogP contribution in [0.2, 0.25) is 0 Å². The molecule has 0 N–H and O–H groups in total. The highest BCUT2D eigenvalue weighted by molar-refractivity contribution is 5.14. The molecule has 7 heavy (non-hydrogen) atoms. The molecule has 0 aromatic carbocycles. The largest absolute Gasteiger partial charge is 0.0909 e. The summed E-state index contributed by atoms with van der Waals surface area (Å²) < 4.78 is 0. The third-order valence-electron chi connectivity index (χ3n) is 1.27. The molecular formula is C7H9. The Bertz CT molecular complexity index is 98.6. The summed E-state index contributed by atoms with van der Waals surface area (Å²) in [6.07, 6.45) is 8.81. The van der Waals surface area contributed by atoms with Crippen molar-refractivity contribution in [1.29, 1.82) is 0 Å². The van der Waals surface area contributed by atoms with Crippen molar-refractivity contribution in [3.63, 3.8) is 0 Å². The second kappa shape index (κ2) is 1.97. The van der Waals surface area contributed by atoms with E-state index in [1.165, 1.54) is 24.8 Å². The highest BCUT2D eigenvalue weighted by Gasteiger charge is 1.97. The van der Waals surface area contributed by atoms with Gasteiger partial charge in [0.15, 0.2) is 0 Å². The lowest BCUT2D eigenvalue weighted by Gasteiger charge is -1.82. The van der Waals surface area contributed by atoms with Crippen molar-refractivity contribution in [2.75, 3.05) is 0 Å². The Morgan fingerprint density at radius 1 is 1.71 bits per heavy atom. The normalized spacial score (nSPS) is 19.1. The number of hydrogen-bond donors (Lipinski definition) is 0. The Hall–Kier alpha value is -0.520. The van der Waals surface area contributed by atoms with E-state index in [2.05, 4.69) is 18.7 Å². The lowest BCUT2D eigenvalue weighted by molar-refractivity contribution is 0.914. The first-order chi connectivity index (χ1) is 3.43. The van der Waals surface area contributed by atoms with Crippen molar-refractivity contribution < 1.29 is 0 Å². The predicted octanol–water partition coefficient (Wildman–Crippen LogP) is 2.09. The molecule has 0 saturated heterocycles. The van der Waals surface area contributed by atoms with E-state index >= 15 is 0 Å². The van der Waals surface area contributed by atoms with Crippen molar-refractivity contribution >= 4 is 0 Å². The Balaban J connectivity index is 2.51. The lowest BCUT2D eigenvalue weighted by Crippen LogP contribution is -1.64. The van der Waals surface area contributed by atoms with E-state index < -0.39 is 0 Å². The first-order valence-electron chi connectivity index (χ1n) is 2.65. The van der Waals surface area contributed by atoms with Gasteiger partial charge >= 0.3 is 0 Å². The molecule has 1 rings (SSSR count). The van der Waals surface area contributed by atoms with Crippen molar-refractivity contribution in [2.24, 2.45) is 0 Å². The molecule has 0 unspecified atom stereocenters. The van der Waals surface area contributed by atoms with Gasteiger partial charge in [-0.2, -0.15) is 0 Å². The summed E-state index contributed by atoms with van der Waals surface area (Å²) in [6.45, 7) is 3.55. The minimum atomic E-state index is 1.20. The third-order valence-corrected chi connectivity index (χ3v) is 1.27. The van der Waals surface area contributed by atoms with Gasteiger partial charge in [0.05, 0.1) is 0 Å². The first kappa shape index (κ1) is 4.63. The first-order valence-corrected chi connectivity index (χ1v) is 2.65. The molecule has 1 radical (unpaired) electrons. The van der Waals surface area contributed by atoms with E-state index in [9.17, 15) is 0 Å². The van der Waals surface area contributed by atoms with Crippen LogP contribution in [0.5, 0.6) is 0 Å². The summed E-state index contributed by atoms with van der Waals surface area (Å²) in [5.41, 5.74) is 1.31. The summed E-state index contributed by atoms with van der Waals surface area (Å²) in [4.78, 5) is 0. The van der Waals surface area contributed by atoms with Crippen molar-refractivity contribution in [3.8, 4) is 0 Å². The summed E-state index contributed by atoms with van der Waals surface area (Å²) in [5, 5.41) is 0. The molecule has 0 nitrogen and oxygen atoms in total. The molecule has 0 spiro atoms. The second-order valence-corrected chi connectivity index (χ2v) is 1.80. The van der Waals surface area contributed by atoms with Gasteiger partial charge in [-0.05, 0) is 30.9 Å². The minimum Gasteiger partial charge on any atom is -0.0909 e. The third kappa shape index (κ3) is 0.923. The molecule has 0 heteroatoms. The zero-order valence-electron chi connectivity index (χ0n) is 4.41.